The summed E-state index contributed by atoms with van der Waals surface area (Å²) in [5.74, 6) is 0. The first-order valence-corrected chi connectivity index (χ1v) is 5.10. The van der Waals surface area contributed by atoms with Crippen LogP contribution in [0.25, 0.3) is 0 Å². The van der Waals surface area contributed by atoms with Gasteiger partial charge in [0.25, 0.3) is 0 Å². The fraction of sp³-hybridized carbons (Fsp3) is 0.714. The summed E-state index contributed by atoms with van der Waals surface area (Å²) in [4.78, 5) is 4.54. The normalized spacial score (nSPS) is 19.3. The summed E-state index contributed by atoms with van der Waals surface area (Å²) in [7, 11) is 2.13. The highest BCUT2D eigenvalue weighted by Gasteiger charge is 2.16. The molecule has 1 aliphatic rings. The summed E-state index contributed by atoms with van der Waals surface area (Å²) in [5, 5.41) is 9.32. The zero-order valence-corrected chi connectivity index (χ0v) is 8.42. The Bertz CT molecular complexity index is 278. The van der Waals surface area contributed by atoms with Gasteiger partial charge in [-0.1, -0.05) is 11.3 Å². The Morgan fingerprint density at radius 1 is 1.23 bits per heavy atom. The van der Waals surface area contributed by atoms with Crippen LogP contribution < -0.4 is 10.6 Å². The van der Waals surface area contributed by atoms with E-state index in [1.165, 1.54) is 11.3 Å². The molecule has 0 spiro atoms. The molecule has 6 heteroatoms. The molecular weight excluding hydrogens is 186 g/mol. The highest BCUT2D eigenvalue weighted by Crippen LogP contribution is 2.22. The van der Waals surface area contributed by atoms with Gasteiger partial charge in [-0.3, -0.25) is 0 Å². The first-order valence-electron chi connectivity index (χ1n) is 4.28. The Kier molecular flexibility index (Phi) is 2.32. The molecule has 2 N–H and O–H groups in total. The van der Waals surface area contributed by atoms with E-state index in [1.54, 1.807) is 0 Å². The maximum absolute atomic E-state index is 5.52. The third-order valence-corrected chi connectivity index (χ3v) is 3.02. The molecule has 1 aliphatic heterocycles. The minimum absolute atomic E-state index is 0.550. The van der Waals surface area contributed by atoms with E-state index in [1.807, 2.05) is 0 Å². The third kappa shape index (κ3) is 1.89. The molecular formula is C7H13N5S. The summed E-state index contributed by atoms with van der Waals surface area (Å²) in [6.45, 7) is 4.20. The molecule has 1 aromatic heterocycles. The van der Waals surface area contributed by atoms with Gasteiger partial charge in [-0.25, -0.2) is 0 Å². The van der Waals surface area contributed by atoms with E-state index in [9.17, 15) is 0 Å². The van der Waals surface area contributed by atoms with Crippen LogP contribution in [0.5, 0.6) is 0 Å². The van der Waals surface area contributed by atoms with Gasteiger partial charge in [-0.15, -0.1) is 10.2 Å². The van der Waals surface area contributed by atoms with Crippen LogP contribution in [-0.2, 0) is 0 Å². The number of anilines is 2. The molecule has 72 valence electrons. The third-order valence-electron chi connectivity index (χ3n) is 2.20. The number of likely N-dealkylation sites (N-methyl/N-ethyl adjacent to an activating group) is 1. The quantitative estimate of drug-likeness (QED) is 0.683. The summed E-state index contributed by atoms with van der Waals surface area (Å²) in [6, 6.07) is 0. The standard InChI is InChI=1S/C7H13N5S/c1-11-2-4-12(5-3-11)7-10-9-6(8)13-7/h2-5H2,1H3,(H2,8,9). The zero-order chi connectivity index (χ0) is 9.26. The lowest BCUT2D eigenvalue weighted by Gasteiger charge is -2.31. The van der Waals surface area contributed by atoms with Gasteiger partial charge < -0.3 is 15.5 Å². The van der Waals surface area contributed by atoms with Crippen LogP contribution in [0.4, 0.5) is 10.3 Å². The number of nitrogens with zero attached hydrogens (tertiary/aromatic N) is 4. The minimum Gasteiger partial charge on any atom is -0.374 e. The zero-order valence-electron chi connectivity index (χ0n) is 7.60. The minimum atomic E-state index is 0.550. The predicted octanol–water partition coefficient (Wildman–Crippen LogP) is -0.128. The molecule has 0 saturated carbocycles. The lowest BCUT2D eigenvalue weighted by atomic mass is 10.3. The van der Waals surface area contributed by atoms with Crippen molar-refractivity contribution in [3.63, 3.8) is 0 Å². The Labute approximate surface area is 81.2 Å². The molecule has 0 amide bonds. The summed E-state index contributed by atoms with van der Waals surface area (Å²) in [5.41, 5.74) is 5.52. The maximum atomic E-state index is 5.52. The van der Waals surface area contributed by atoms with Crippen molar-refractivity contribution in [2.24, 2.45) is 0 Å². The van der Waals surface area contributed by atoms with E-state index in [4.69, 9.17) is 5.73 Å². The Balaban J connectivity index is 2.02. The van der Waals surface area contributed by atoms with Crippen LogP contribution in [-0.4, -0.2) is 48.3 Å². The van der Waals surface area contributed by atoms with Crippen molar-refractivity contribution >= 4 is 21.6 Å². The lowest BCUT2D eigenvalue weighted by molar-refractivity contribution is 0.312. The molecule has 0 aliphatic carbocycles. The molecule has 1 fully saturated rings. The van der Waals surface area contributed by atoms with E-state index in [0.29, 0.717) is 5.13 Å². The lowest BCUT2D eigenvalue weighted by Crippen LogP contribution is -2.44. The van der Waals surface area contributed by atoms with Crippen LogP contribution >= 0.6 is 11.3 Å². The maximum Gasteiger partial charge on any atom is 0.210 e. The number of nitrogen functional groups attached to an aromatic ring is 1. The van der Waals surface area contributed by atoms with Gasteiger partial charge in [0, 0.05) is 26.2 Å². The van der Waals surface area contributed by atoms with Crippen molar-refractivity contribution in [2.45, 2.75) is 0 Å². The van der Waals surface area contributed by atoms with Crippen LogP contribution in [0.1, 0.15) is 0 Å². The van der Waals surface area contributed by atoms with Gasteiger partial charge in [0.2, 0.25) is 10.3 Å². The molecule has 5 nitrogen and oxygen atoms in total. The fourth-order valence-electron chi connectivity index (χ4n) is 1.35. The second kappa shape index (κ2) is 3.47. The molecule has 0 atom stereocenters. The number of hydrogen-bond donors (Lipinski definition) is 1. The predicted molar refractivity (Wildman–Crippen MR) is 54.0 cm³/mol. The molecule has 0 aromatic carbocycles. The van der Waals surface area contributed by atoms with Gasteiger partial charge >= 0.3 is 0 Å². The van der Waals surface area contributed by atoms with Crippen molar-refractivity contribution in [1.29, 1.82) is 0 Å². The van der Waals surface area contributed by atoms with Crippen molar-refractivity contribution < 1.29 is 0 Å². The molecule has 1 saturated heterocycles. The van der Waals surface area contributed by atoms with Crippen LogP contribution in [0.2, 0.25) is 0 Å². The number of nitrogens with two attached hydrogens (primary N) is 1. The molecule has 0 radical (unpaired) electrons. The molecule has 1 aromatic rings. The van der Waals surface area contributed by atoms with E-state index in [-0.39, 0.29) is 0 Å². The average molecular weight is 199 g/mol. The average Bonchev–Trinajstić information content (AvgIpc) is 2.53. The second-order valence-corrected chi connectivity index (χ2v) is 4.20. The first-order chi connectivity index (χ1) is 6.25. The van der Waals surface area contributed by atoms with Gasteiger partial charge in [0.1, 0.15) is 0 Å². The van der Waals surface area contributed by atoms with Crippen molar-refractivity contribution in [1.82, 2.24) is 15.1 Å². The molecule has 2 rings (SSSR count). The fourth-order valence-corrected chi connectivity index (χ4v) is 2.01. The molecule has 2 heterocycles. The van der Waals surface area contributed by atoms with Crippen LogP contribution in [0.3, 0.4) is 0 Å². The second-order valence-electron chi connectivity index (χ2n) is 3.21. The monoisotopic (exact) mass is 199 g/mol. The first kappa shape index (κ1) is 8.71. The van der Waals surface area contributed by atoms with Crippen molar-refractivity contribution in [3.8, 4) is 0 Å². The number of rotatable bonds is 1. The molecule has 0 unspecified atom stereocenters. The highest BCUT2D eigenvalue weighted by atomic mass is 32.1. The Hall–Kier alpha value is -0.880. The molecule has 13 heavy (non-hydrogen) atoms. The van der Waals surface area contributed by atoms with Crippen LogP contribution in [0.15, 0.2) is 0 Å². The highest BCUT2D eigenvalue weighted by molar-refractivity contribution is 7.18. The summed E-state index contributed by atoms with van der Waals surface area (Å²) < 4.78 is 0. The number of aromatic nitrogens is 2. The summed E-state index contributed by atoms with van der Waals surface area (Å²) >= 11 is 1.46. The SMILES string of the molecule is CN1CCN(c2nnc(N)s2)CC1. The molecule has 0 bridgehead atoms. The van der Waals surface area contributed by atoms with Crippen molar-refractivity contribution in [3.05, 3.63) is 0 Å². The number of piperazine rings is 1. The van der Waals surface area contributed by atoms with Gasteiger partial charge in [-0.05, 0) is 7.05 Å². The Morgan fingerprint density at radius 3 is 2.46 bits per heavy atom. The number of hydrogen-bond acceptors (Lipinski definition) is 6. The van der Waals surface area contributed by atoms with Crippen molar-refractivity contribution in [2.75, 3.05) is 43.9 Å². The van der Waals surface area contributed by atoms with E-state index >= 15 is 0 Å². The van der Waals surface area contributed by atoms with Gasteiger partial charge in [0.05, 0.1) is 0 Å². The van der Waals surface area contributed by atoms with E-state index in [2.05, 4.69) is 27.0 Å². The topological polar surface area (TPSA) is 58.3 Å². The van der Waals surface area contributed by atoms with Gasteiger partial charge in [-0.2, -0.15) is 0 Å². The largest absolute Gasteiger partial charge is 0.374 e. The van der Waals surface area contributed by atoms with E-state index < -0.39 is 0 Å². The van der Waals surface area contributed by atoms with Crippen LogP contribution in [0, 0.1) is 0 Å². The smallest absolute Gasteiger partial charge is 0.210 e. The summed E-state index contributed by atoms with van der Waals surface area (Å²) in [6.07, 6.45) is 0. The van der Waals surface area contributed by atoms with Gasteiger partial charge in [0.15, 0.2) is 0 Å². The van der Waals surface area contributed by atoms with E-state index in [0.717, 1.165) is 31.3 Å². The Morgan fingerprint density at radius 2 is 1.92 bits per heavy atom.